The third kappa shape index (κ3) is 9.27. The van der Waals surface area contributed by atoms with Gasteiger partial charge >= 0.3 is 6.18 Å². The van der Waals surface area contributed by atoms with Crippen molar-refractivity contribution >= 4 is 23.4 Å². The molecular formula is C24H31F3N6O3. The van der Waals surface area contributed by atoms with Crippen molar-refractivity contribution in [1.29, 1.82) is 5.41 Å². The highest BCUT2D eigenvalue weighted by Crippen LogP contribution is 2.32. The van der Waals surface area contributed by atoms with Gasteiger partial charge in [-0.3, -0.25) is 19.8 Å². The van der Waals surface area contributed by atoms with E-state index in [0.29, 0.717) is 12.8 Å². The Hall–Kier alpha value is -3.51. The van der Waals surface area contributed by atoms with E-state index in [4.69, 9.17) is 16.9 Å². The van der Waals surface area contributed by atoms with Crippen molar-refractivity contribution in [2.45, 2.75) is 37.9 Å². The molecule has 0 aliphatic heterocycles. The second-order valence-electron chi connectivity index (χ2n) is 8.32. The molecule has 1 aliphatic carbocycles. The number of rotatable bonds is 12. The van der Waals surface area contributed by atoms with Crippen LogP contribution in [-0.2, 0) is 20.8 Å². The van der Waals surface area contributed by atoms with Gasteiger partial charge in [-0.15, -0.1) is 0 Å². The van der Waals surface area contributed by atoms with Gasteiger partial charge in [0.25, 0.3) is 5.91 Å². The quantitative estimate of drug-likeness (QED) is 0.232. The van der Waals surface area contributed by atoms with Crippen molar-refractivity contribution in [3.05, 3.63) is 59.3 Å². The zero-order valence-electron chi connectivity index (χ0n) is 19.7. The van der Waals surface area contributed by atoms with E-state index in [2.05, 4.69) is 16.0 Å². The molecule has 8 N–H and O–H groups in total. The average molecular weight is 509 g/mol. The number of carbonyl (C=O) groups excluding carboxylic acids is 3. The van der Waals surface area contributed by atoms with Crippen LogP contribution in [0.25, 0.3) is 0 Å². The van der Waals surface area contributed by atoms with Crippen molar-refractivity contribution in [2.75, 3.05) is 19.6 Å². The number of nitrogens with two attached hydrogens (primary N) is 2. The van der Waals surface area contributed by atoms with Crippen molar-refractivity contribution in [3.8, 4) is 0 Å². The van der Waals surface area contributed by atoms with Crippen molar-refractivity contribution < 1.29 is 27.6 Å². The molecule has 3 amide bonds. The Balaban J connectivity index is 2.01. The van der Waals surface area contributed by atoms with Gasteiger partial charge in [-0.1, -0.05) is 36.4 Å². The lowest BCUT2D eigenvalue weighted by Crippen LogP contribution is -2.51. The predicted octanol–water partition coefficient (Wildman–Crippen LogP) is 1.06. The van der Waals surface area contributed by atoms with Crippen LogP contribution in [-0.4, -0.2) is 55.3 Å². The standard InChI is InChI=1S/C24H31F3N6O3/c25-24(26,27)17-7-4-8-18(11-17)33-21(34)16(10-9-15-5-2-1-3-6-15)13-31-23(36)20(30)14-32-22(35)19(29)12-28/h1-3,5-6,8,11,16,20,29H,4,7,9-10,12-14,28,30H2,(H,31,36)(H,32,35)(H,33,34)/t16-,20+/m1/s1. The number of nitrogens with one attached hydrogen (secondary N) is 4. The molecule has 36 heavy (non-hydrogen) atoms. The van der Waals surface area contributed by atoms with Crippen LogP contribution < -0.4 is 27.4 Å². The van der Waals surface area contributed by atoms with Crippen LogP contribution >= 0.6 is 0 Å². The summed E-state index contributed by atoms with van der Waals surface area (Å²) in [5.74, 6) is -2.67. The Morgan fingerprint density at radius 2 is 1.75 bits per heavy atom. The molecule has 12 heteroatoms. The number of alkyl halides is 3. The van der Waals surface area contributed by atoms with Gasteiger partial charge in [-0.05, 0) is 37.3 Å². The molecule has 2 atom stereocenters. The average Bonchev–Trinajstić information content (AvgIpc) is 2.86. The van der Waals surface area contributed by atoms with E-state index in [1.54, 1.807) is 0 Å². The van der Waals surface area contributed by atoms with Crippen LogP contribution in [0.15, 0.2) is 53.8 Å². The summed E-state index contributed by atoms with van der Waals surface area (Å²) in [5.41, 5.74) is 11.0. The van der Waals surface area contributed by atoms with Crippen molar-refractivity contribution in [2.24, 2.45) is 17.4 Å². The van der Waals surface area contributed by atoms with E-state index in [1.165, 1.54) is 6.08 Å². The molecule has 0 aromatic heterocycles. The van der Waals surface area contributed by atoms with E-state index in [9.17, 15) is 27.6 Å². The molecule has 2 rings (SSSR count). The van der Waals surface area contributed by atoms with Gasteiger partial charge in [0, 0.05) is 30.9 Å². The van der Waals surface area contributed by atoms with Gasteiger partial charge in [0.1, 0.15) is 11.8 Å². The Bertz CT molecular complexity index is 1010. The fourth-order valence-electron chi connectivity index (χ4n) is 3.42. The first kappa shape index (κ1) is 28.7. The number of hydrogen-bond acceptors (Lipinski definition) is 6. The van der Waals surface area contributed by atoms with E-state index >= 15 is 0 Å². The first-order chi connectivity index (χ1) is 17.0. The summed E-state index contributed by atoms with van der Waals surface area (Å²) < 4.78 is 39.2. The molecule has 0 bridgehead atoms. The Morgan fingerprint density at radius 1 is 1.06 bits per heavy atom. The topological polar surface area (TPSA) is 163 Å². The van der Waals surface area contributed by atoms with Crippen molar-refractivity contribution in [1.82, 2.24) is 16.0 Å². The second kappa shape index (κ2) is 13.5. The molecule has 0 saturated carbocycles. The molecular weight excluding hydrogens is 477 g/mol. The Morgan fingerprint density at radius 3 is 2.39 bits per heavy atom. The molecule has 0 radical (unpaired) electrons. The van der Waals surface area contributed by atoms with Crippen LogP contribution in [0.3, 0.4) is 0 Å². The molecule has 0 saturated heterocycles. The number of halogens is 3. The van der Waals surface area contributed by atoms with Gasteiger partial charge in [0.15, 0.2) is 0 Å². The molecule has 0 unspecified atom stereocenters. The molecule has 9 nitrogen and oxygen atoms in total. The lowest BCUT2D eigenvalue weighted by Gasteiger charge is -2.21. The van der Waals surface area contributed by atoms with Gasteiger partial charge in [-0.2, -0.15) is 13.2 Å². The maximum absolute atomic E-state index is 13.1. The number of carbonyl (C=O) groups is 3. The summed E-state index contributed by atoms with van der Waals surface area (Å²) >= 11 is 0. The first-order valence-corrected chi connectivity index (χ1v) is 11.4. The zero-order chi connectivity index (χ0) is 26.7. The minimum absolute atomic E-state index is 0.0661. The van der Waals surface area contributed by atoms with E-state index in [-0.39, 0.29) is 43.9 Å². The second-order valence-corrected chi connectivity index (χ2v) is 8.32. The highest BCUT2D eigenvalue weighted by molar-refractivity contribution is 6.38. The summed E-state index contributed by atoms with van der Waals surface area (Å²) in [5, 5.41) is 14.8. The summed E-state index contributed by atoms with van der Waals surface area (Å²) in [7, 11) is 0. The lowest BCUT2D eigenvalue weighted by atomic mass is 9.97. The maximum atomic E-state index is 13.1. The summed E-state index contributed by atoms with van der Waals surface area (Å²) in [4.78, 5) is 37.0. The molecule has 0 fully saturated rings. The molecule has 196 valence electrons. The molecule has 1 aromatic rings. The van der Waals surface area contributed by atoms with E-state index in [1.807, 2.05) is 30.3 Å². The third-order valence-corrected chi connectivity index (χ3v) is 5.55. The fourth-order valence-corrected chi connectivity index (χ4v) is 3.42. The smallest absolute Gasteiger partial charge is 0.354 e. The van der Waals surface area contributed by atoms with Gasteiger partial charge in [-0.25, -0.2) is 0 Å². The monoisotopic (exact) mass is 508 g/mol. The Labute approximate surface area is 207 Å². The number of aryl methyl sites for hydroxylation is 1. The molecule has 1 aliphatic rings. The highest BCUT2D eigenvalue weighted by atomic mass is 19.4. The summed E-state index contributed by atoms with van der Waals surface area (Å²) in [6, 6.07) is 8.17. The summed E-state index contributed by atoms with van der Waals surface area (Å²) in [6.45, 7) is -0.617. The normalized spacial score (nSPS) is 15.1. The summed E-state index contributed by atoms with van der Waals surface area (Å²) in [6.07, 6.45) is -1.22. The van der Waals surface area contributed by atoms with Gasteiger partial charge in [0.2, 0.25) is 11.8 Å². The van der Waals surface area contributed by atoms with Crippen molar-refractivity contribution in [3.63, 3.8) is 0 Å². The van der Waals surface area contributed by atoms with E-state index < -0.39 is 41.4 Å². The molecule has 1 aromatic carbocycles. The third-order valence-electron chi connectivity index (χ3n) is 5.55. The minimum atomic E-state index is -4.47. The first-order valence-electron chi connectivity index (χ1n) is 11.4. The van der Waals surface area contributed by atoms with Gasteiger partial charge in [0.05, 0.1) is 5.92 Å². The Kier molecular flexibility index (Phi) is 10.8. The number of allylic oxidation sites excluding steroid dienone is 3. The van der Waals surface area contributed by atoms with Crippen LogP contribution in [0, 0.1) is 11.3 Å². The largest absolute Gasteiger partial charge is 0.412 e. The van der Waals surface area contributed by atoms with Crippen LogP contribution in [0.2, 0.25) is 0 Å². The van der Waals surface area contributed by atoms with Crippen LogP contribution in [0.4, 0.5) is 13.2 Å². The van der Waals surface area contributed by atoms with E-state index in [0.717, 1.165) is 11.6 Å². The van der Waals surface area contributed by atoms with Crippen LogP contribution in [0.1, 0.15) is 24.8 Å². The number of amides is 3. The maximum Gasteiger partial charge on any atom is 0.412 e. The van der Waals surface area contributed by atoms with Crippen LogP contribution in [0.5, 0.6) is 0 Å². The fraction of sp³-hybridized carbons (Fsp3) is 0.417. The SMILES string of the molecule is N=C(CN)C(=O)NC[C@H](N)C(=O)NC[C@@H](CCc1ccccc1)C(=O)NC1=CCCC(C(F)(F)F)=C1. The van der Waals surface area contributed by atoms with Gasteiger partial charge < -0.3 is 27.4 Å². The number of hydrogen-bond donors (Lipinski definition) is 6. The highest BCUT2D eigenvalue weighted by Gasteiger charge is 2.34. The zero-order valence-corrected chi connectivity index (χ0v) is 19.7. The predicted molar refractivity (Wildman–Crippen MR) is 129 cm³/mol. The lowest BCUT2D eigenvalue weighted by molar-refractivity contribution is -0.125. The molecule has 0 heterocycles. The minimum Gasteiger partial charge on any atom is -0.354 e. The number of benzene rings is 1. The molecule has 0 spiro atoms.